The number of amides is 1. The number of rotatable bonds is 10. The molecule has 14 heteroatoms. The van der Waals surface area contributed by atoms with Crippen molar-refractivity contribution in [2.75, 3.05) is 23.1 Å². The summed E-state index contributed by atoms with van der Waals surface area (Å²) in [4.78, 5) is 19.4. The van der Waals surface area contributed by atoms with Crippen LogP contribution in [0, 0.1) is 5.82 Å². The summed E-state index contributed by atoms with van der Waals surface area (Å²) in [5.74, 6) is -0.951. The zero-order chi connectivity index (χ0) is 25.7. The molecule has 0 fully saturated rings. The summed E-state index contributed by atoms with van der Waals surface area (Å²) in [5, 5.41) is 21.4. The van der Waals surface area contributed by atoms with E-state index in [4.69, 9.17) is 16.7 Å². The van der Waals surface area contributed by atoms with Gasteiger partial charge in [0, 0.05) is 47.2 Å². The highest BCUT2D eigenvalue weighted by Gasteiger charge is 2.21. The first kappa shape index (κ1) is 26.3. The maximum absolute atomic E-state index is 15.4. The fourth-order valence-corrected chi connectivity index (χ4v) is 3.66. The summed E-state index contributed by atoms with van der Waals surface area (Å²) in [6.07, 6.45) is 2.10. The van der Waals surface area contributed by atoms with Crippen molar-refractivity contribution in [1.82, 2.24) is 25.1 Å². The molecule has 0 aliphatic heterocycles. The fraction of sp³-hybridized carbons (Fsp3) is 0.333. The summed E-state index contributed by atoms with van der Waals surface area (Å²) in [6.45, 7) is 5.75. The van der Waals surface area contributed by atoms with Gasteiger partial charge in [-0.25, -0.2) is 19.2 Å². The van der Waals surface area contributed by atoms with Crippen LogP contribution in [0.15, 0.2) is 30.6 Å². The van der Waals surface area contributed by atoms with E-state index in [0.717, 1.165) is 0 Å². The number of anilines is 2. The number of nitrogens with zero attached hydrogens (tertiary/aromatic N) is 4. The van der Waals surface area contributed by atoms with Gasteiger partial charge in [-0.1, -0.05) is 11.6 Å². The molecule has 35 heavy (non-hydrogen) atoms. The predicted octanol–water partition coefficient (Wildman–Crippen LogP) is 3.70. The topological polar surface area (TPSA) is 157 Å². The number of halogens is 2. The number of benzene rings is 1. The lowest BCUT2D eigenvalue weighted by molar-refractivity contribution is 0.191. The second-order valence-electron chi connectivity index (χ2n) is 7.90. The molecule has 0 saturated carbocycles. The molecule has 4 N–H and O–H groups in total. The van der Waals surface area contributed by atoms with Gasteiger partial charge in [0.15, 0.2) is 5.82 Å². The number of hydrogen-bond donors (Lipinski definition) is 4. The Morgan fingerprint density at radius 3 is 2.69 bits per heavy atom. The lowest BCUT2D eigenvalue weighted by Gasteiger charge is -2.13. The van der Waals surface area contributed by atoms with Crippen molar-refractivity contribution in [3.63, 3.8) is 0 Å². The third-order valence-corrected chi connectivity index (χ3v) is 5.40. The Bertz CT molecular complexity index is 1240. The molecule has 3 rings (SSSR count). The predicted molar refractivity (Wildman–Crippen MR) is 131 cm³/mol. The van der Waals surface area contributed by atoms with Gasteiger partial charge in [0.25, 0.3) is 0 Å². The maximum Gasteiger partial charge on any atom is 0.404 e. The van der Waals surface area contributed by atoms with Gasteiger partial charge in [-0.05, 0) is 50.1 Å². The van der Waals surface area contributed by atoms with E-state index in [1.54, 1.807) is 23.9 Å². The van der Waals surface area contributed by atoms with Crippen molar-refractivity contribution in [2.45, 2.75) is 32.9 Å². The Morgan fingerprint density at radius 1 is 1.29 bits per heavy atom. The van der Waals surface area contributed by atoms with Crippen LogP contribution in [0.2, 0.25) is 5.02 Å². The number of carboxylic acid groups (broad SMARTS) is 1. The van der Waals surface area contributed by atoms with Gasteiger partial charge >= 0.3 is 6.09 Å². The van der Waals surface area contributed by atoms with Crippen molar-refractivity contribution in [3.05, 3.63) is 41.4 Å². The van der Waals surface area contributed by atoms with Crippen LogP contribution in [0.25, 0.3) is 22.5 Å². The lowest BCUT2D eigenvalue weighted by atomic mass is 10.0. The van der Waals surface area contributed by atoms with Gasteiger partial charge in [0.2, 0.25) is 5.95 Å². The highest BCUT2D eigenvalue weighted by Crippen LogP contribution is 2.37. The monoisotopic (exact) mass is 524 g/mol. The van der Waals surface area contributed by atoms with Gasteiger partial charge in [-0.15, -0.1) is 0 Å². The number of carbonyl (C=O) groups is 1. The van der Waals surface area contributed by atoms with Crippen LogP contribution in [0.5, 0.6) is 0 Å². The zero-order valence-corrected chi connectivity index (χ0v) is 20.7. The van der Waals surface area contributed by atoms with Crippen LogP contribution in [-0.4, -0.2) is 58.2 Å². The molecule has 0 aliphatic carbocycles. The number of aromatic nitrogens is 4. The summed E-state index contributed by atoms with van der Waals surface area (Å²) < 4.78 is 38.9. The molecule has 0 radical (unpaired) electrons. The van der Waals surface area contributed by atoms with E-state index in [2.05, 4.69) is 31.0 Å². The normalized spacial score (nSPS) is 12.9. The first-order chi connectivity index (χ1) is 16.5. The van der Waals surface area contributed by atoms with E-state index < -0.39 is 34.9 Å². The van der Waals surface area contributed by atoms with Crippen LogP contribution < -0.4 is 16.0 Å². The van der Waals surface area contributed by atoms with Gasteiger partial charge in [0.05, 0.1) is 17.3 Å². The standard InChI is InChI=1S/C21H25ClFN7O4S/c1-11(2)30-9-15(16-4-5-24-20(28-16)25-8-12(3)27-21(31)32)19(29-30)14-6-13(22)7-17(18(14)23)26-10-35(33)34/h4-7,9,11-12,26-27H,8,10H2,1-3H3,(H,31,32)(H,33,34)(H,24,25,28)/p-1/t12-/m0/s1. The van der Waals surface area contributed by atoms with Gasteiger partial charge < -0.3 is 25.6 Å². The van der Waals surface area contributed by atoms with E-state index in [9.17, 15) is 13.6 Å². The molecule has 0 saturated heterocycles. The highest BCUT2D eigenvalue weighted by atomic mass is 35.5. The van der Waals surface area contributed by atoms with Crippen molar-refractivity contribution in [1.29, 1.82) is 0 Å². The lowest BCUT2D eigenvalue weighted by Crippen LogP contribution is -2.36. The Hall–Kier alpha value is -3.29. The molecule has 1 unspecified atom stereocenters. The second kappa shape index (κ2) is 11.4. The van der Waals surface area contributed by atoms with Crippen molar-refractivity contribution in [2.24, 2.45) is 0 Å². The van der Waals surface area contributed by atoms with E-state index in [1.165, 1.54) is 18.3 Å². The fourth-order valence-electron chi connectivity index (χ4n) is 3.17. The van der Waals surface area contributed by atoms with Crippen molar-refractivity contribution < 1.29 is 23.1 Å². The van der Waals surface area contributed by atoms with E-state index in [-0.39, 0.29) is 40.5 Å². The van der Waals surface area contributed by atoms with E-state index >= 15 is 4.39 Å². The average molecular weight is 525 g/mol. The number of nitrogens with one attached hydrogen (secondary N) is 3. The molecule has 188 valence electrons. The molecular formula is C21H24ClFN7O4S-. The largest absolute Gasteiger partial charge is 0.771 e. The molecule has 11 nitrogen and oxygen atoms in total. The minimum Gasteiger partial charge on any atom is -0.771 e. The summed E-state index contributed by atoms with van der Waals surface area (Å²) in [5.41, 5.74) is 1.19. The third kappa shape index (κ3) is 6.87. The Balaban J connectivity index is 2.02. The van der Waals surface area contributed by atoms with Crippen LogP contribution in [0.3, 0.4) is 0 Å². The molecule has 2 heterocycles. The Labute approximate surface area is 208 Å². The third-order valence-electron chi connectivity index (χ3n) is 4.80. The Morgan fingerprint density at radius 2 is 2.03 bits per heavy atom. The SMILES string of the molecule is CC(C)n1cc(-c2ccnc(NC[C@H](C)NC(=O)O)n2)c(-c2cc(Cl)cc(NCS(=O)[O-])c2F)n1. The number of hydrogen-bond acceptors (Lipinski definition) is 8. The summed E-state index contributed by atoms with van der Waals surface area (Å²) >= 11 is 3.78. The smallest absolute Gasteiger partial charge is 0.404 e. The molecule has 2 aromatic heterocycles. The second-order valence-corrected chi connectivity index (χ2v) is 9.23. The maximum atomic E-state index is 15.4. The quantitative estimate of drug-likeness (QED) is 0.290. The van der Waals surface area contributed by atoms with E-state index in [0.29, 0.717) is 11.3 Å². The van der Waals surface area contributed by atoms with Gasteiger partial charge in [-0.2, -0.15) is 5.10 Å². The van der Waals surface area contributed by atoms with Gasteiger partial charge in [-0.3, -0.25) is 8.89 Å². The zero-order valence-electron chi connectivity index (χ0n) is 19.1. The molecule has 2 atom stereocenters. The van der Waals surface area contributed by atoms with Crippen molar-refractivity contribution in [3.8, 4) is 22.5 Å². The molecule has 0 aliphatic rings. The minimum absolute atomic E-state index is 0.0485. The molecule has 1 aromatic carbocycles. The van der Waals surface area contributed by atoms with Crippen LogP contribution in [0.4, 0.5) is 20.8 Å². The average Bonchev–Trinajstić information content (AvgIpc) is 3.23. The van der Waals surface area contributed by atoms with Gasteiger partial charge in [0.1, 0.15) is 5.69 Å². The summed E-state index contributed by atoms with van der Waals surface area (Å²) in [7, 11) is 0. The molecule has 0 spiro atoms. The molecule has 3 aromatic rings. The van der Waals surface area contributed by atoms with Crippen molar-refractivity contribution >= 4 is 40.4 Å². The molecular weight excluding hydrogens is 501 g/mol. The highest BCUT2D eigenvalue weighted by molar-refractivity contribution is 7.79. The molecule has 1 amide bonds. The minimum atomic E-state index is -2.43. The van der Waals surface area contributed by atoms with E-state index in [1.807, 2.05) is 13.8 Å². The van der Waals surface area contributed by atoms with Crippen LogP contribution in [-0.2, 0) is 11.1 Å². The van der Waals surface area contributed by atoms with Crippen LogP contribution >= 0.6 is 11.6 Å². The first-order valence-electron chi connectivity index (χ1n) is 10.5. The molecule has 0 bridgehead atoms. The van der Waals surface area contributed by atoms with Crippen LogP contribution in [0.1, 0.15) is 26.8 Å². The first-order valence-corrected chi connectivity index (χ1v) is 12.1. The Kier molecular flexibility index (Phi) is 8.59. The summed E-state index contributed by atoms with van der Waals surface area (Å²) in [6, 6.07) is 3.90.